The molecule has 1 saturated carbocycles. The first kappa shape index (κ1) is 14.4. The molecule has 2 aliphatic rings. The molecular weight excluding hydrogens is 268 g/mol. The van der Waals surface area contributed by atoms with Crippen LogP contribution in [-0.2, 0) is 25.1 Å². The number of hydrogen-bond donors (Lipinski definition) is 0. The van der Waals surface area contributed by atoms with E-state index in [9.17, 15) is 4.79 Å². The van der Waals surface area contributed by atoms with Gasteiger partial charge in [0.05, 0.1) is 19.1 Å². The maximum Gasteiger partial charge on any atom is 0.316 e. The SMILES string of the molecule is COCCC1(C)COc2ccc(C3(C(=O)OC)CC3)cc21. The predicted molar refractivity (Wildman–Crippen MR) is 78.7 cm³/mol. The molecule has 1 aliphatic heterocycles. The monoisotopic (exact) mass is 290 g/mol. The second kappa shape index (κ2) is 5.02. The Hall–Kier alpha value is -1.55. The van der Waals surface area contributed by atoms with Gasteiger partial charge in [-0.15, -0.1) is 0 Å². The maximum absolute atomic E-state index is 12.1. The molecule has 0 bridgehead atoms. The number of fused-ring (bicyclic) bond motifs is 1. The van der Waals surface area contributed by atoms with Crippen LogP contribution in [0.25, 0.3) is 0 Å². The molecule has 0 amide bonds. The molecule has 21 heavy (non-hydrogen) atoms. The fourth-order valence-corrected chi connectivity index (χ4v) is 3.21. The van der Waals surface area contributed by atoms with Crippen molar-refractivity contribution in [2.45, 2.75) is 37.0 Å². The molecule has 1 atom stereocenters. The molecule has 1 unspecified atom stereocenters. The van der Waals surface area contributed by atoms with Gasteiger partial charge in [0.25, 0.3) is 0 Å². The van der Waals surface area contributed by atoms with Crippen molar-refractivity contribution in [3.63, 3.8) is 0 Å². The minimum absolute atomic E-state index is 0.0481. The molecule has 1 aromatic carbocycles. The van der Waals surface area contributed by atoms with Gasteiger partial charge in [-0.3, -0.25) is 4.79 Å². The van der Waals surface area contributed by atoms with Gasteiger partial charge >= 0.3 is 5.97 Å². The van der Waals surface area contributed by atoms with Crippen LogP contribution in [0.5, 0.6) is 5.75 Å². The Labute approximate surface area is 125 Å². The smallest absolute Gasteiger partial charge is 0.316 e. The van der Waals surface area contributed by atoms with Gasteiger partial charge in [-0.05, 0) is 30.9 Å². The summed E-state index contributed by atoms with van der Waals surface area (Å²) >= 11 is 0. The highest BCUT2D eigenvalue weighted by atomic mass is 16.5. The third kappa shape index (κ3) is 2.22. The van der Waals surface area contributed by atoms with E-state index in [2.05, 4.69) is 13.0 Å². The lowest BCUT2D eigenvalue weighted by Gasteiger charge is -2.23. The molecule has 0 aromatic heterocycles. The lowest BCUT2D eigenvalue weighted by atomic mass is 9.80. The first-order valence-electron chi connectivity index (χ1n) is 7.41. The number of ether oxygens (including phenoxy) is 3. The number of methoxy groups -OCH3 is 2. The predicted octanol–water partition coefficient (Wildman–Crippen LogP) is 2.58. The largest absolute Gasteiger partial charge is 0.492 e. The Balaban J connectivity index is 1.95. The highest BCUT2D eigenvalue weighted by Gasteiger charge is 2.53. The zero-order valence-corrected chi connectivity index (χ0v) is 12.9. The lowest BCUT2D eigenvalue weighted by molar-refractivity contribution is -0.143. The van der Waals surface area contributed by atoms with Crippen molar-refractivity contribution in [1.29, 1.82) is 0 Å². The second-order valence-corrected chi connectivity index (χ2v) is 6.38. The quantitative estimate of drug-likeness (QED) is 0.782. The van der Waals surface area contributed by atoms with E-state index in [0.717, 1.165) is 30.6 Å². The van der Waals surface area contributed by atoms with Crippen LogP contribution in [0.3, 0.4) is 0 Å². The van der Waals surface area contributed by atoms with E-state index in [1.54, 1.807) is 7.11 Å². The van der Waals surface area contributed by atoms with Crippen molar-refractivity contribution in [2.75, 3.05) is 27.4 Å². The Morgan fingerprint density at radius 2 is 2.10 bits per heavy atom. The van der Waals surface area contributed by atoms with Crippen molar-refractivity contribution in [3.8, 4) is 5.75 Å². The summed E-state index contributed by atoms with van der Waals surface area (Å²) in [6.07, 6.45) is 2.65. The van der Waals surface area contributed by atoms with Crippen LogP contribution < -0.4 is 4.74 Å². The van der Waals surface area contributed by atoms with E-state index < -0.39 is 5.41 Å². The number of carbonyl (C=O) groups excluding carboxylic acids is 1. The van der Waals surface area contributed by atoms with Crippen LogP contribution in [0, 0.1) is 0 Å². The van der Waals surface area contributed by atoms with Gasteiger partial charge in [-0.1, -0.05) is 19.1 Å². The number of carbonyl (C=O) groups is 1. The first-order chi connectivity index (χ1) is 10.1. The molecule has 4 nitrogen and oxygen atoms in total. The van der Waals surface area contributed by atoms with Crippen molar-refractivity contribution in [1.82, 2.24) is 0 Å². The topological polar surface area (TPSA) is 44.8 Å². The average molecular weight is 290 g/mol. The van der Waals surface area contributed by atoms with E-state index in [1.165, 1.54) is 12.7 Å². The number of hydrogen-bond acceptors (Lipinski definition) is 4. The molecule has 1 aliphatic carbocycles. The summed E-state index contributed by atoms with van der Waals surface area (Å²) in [5.74, 6) is 0.804. The third-order valence-corrected chi connectivity index (χ3v) is 4.91. The molecule has 114 valence electrons. The number of rotatable bonds is 5. The molecule has 4 heteroatoms. The maximum atomic E-state index is 12.1. The molecule has 0 saturated heterocycles. The van der Waals surface area contributed by atoms with Crippen molar-refractivity contribution in [2.24, 2.45) is 0 Å². The molecule has 0 spiro atoms. The van der Waals surface area contributed by atoms with Gasteiger partial charge < -0.3 is 14.2 Å². The lowest BCUT2D eigenvalue weighted by Crippen LogP contribution is -2.26. The Bertz CT molecular complexity index is 562. The molecule has 3 rings (SSSR count). The minimum atomic E-state index is -0.422. The normalized spacial score (nSPS) is 25.1. The van der Waals surface area contributed by atoms with Crippen LogP contribution in [0.1, 0.15) is 37.3 Å². The minimum Gasteiger partial charge on any atom is -0.492 e. The van der Waals surface area contributed by atoms with Crippen molar-refractivity contribution in [3.05, 3.63) is 29.3 Å². The van der Waals surface area contributed by atoms with Gasteiger partial charge in [0, 0.05) is 24.7 Å². The molecular formula is C17H22O4. The van der Waals surface area contributed by atoms with Gasteiger partial charge in [0.1, 0.15) is 5.75 Å². The second-order valence-electron chi connectivity index (χ2n) is 6.38. The summed E-state index contributed by atoms with van der Waals surface area (Å²) < 4.78 is 16.0. The molecule has 1 fully saturated rings. The highest BCUT2D eigenvalue weighted by Crippen LogP contribution is 2.51. The molecule has 1 aromatic rings. The highest BCUT2D eigenvalue weighted by molar-refractivity contribution is 5.86. The van der Waals surface area contributed by atoms with Crippen molar-refractivity contribution < 1.29 is 19.0 Å². The van der Waals surface area contributed by atoms with Gasteiger partial charge in [0.15, 0.2) is 0 Å². The average Bonchev–Trinajstić information content (AvgIpc) is 3.26. The van der Waals surface area contributed by atoms with Crippen LogP contribution in [0.2, 0.25) is 0 Å². The summed E-state index contributed by atoms with van der Waals surface area (Å²) in [4.78, 5) is 12.1. The van der Waals surface area contributed by atoms with Crippen LogP contribution in [0.15, 0.2) is 18.2 Å². The number of benzene rings is 1. The van der Waals surface area contributed by atoms with Crippen LogP contribution in [-0.4, -0.2) is 33.4 Å². The third-order valence-electron chi connectivity index (χ3n) is 4.91. The van der Waals surface area contributed by atoms with Gasteiger partial charge in [0.2, 0.25) is 0 Å². The summed E-state index contributed by atoms with van der Waals surface area (Å²) in [6.45, 7) is 3.56. The summed E-state index contributed by atoms with van der Waals surface area (Å²) in [5.41, 5.74) is 1.77. The van der Waals surface area contributed by atoms with E-state index in [-0.39, 0.29) is 11.4 Å². The molecule has 0 radical (unpaired) electrons. The van der Waals surface area contributed by atoms with Crippen LogP contribution in [0.4, 0.5) is 0 Å². The Kier molecular flexibility index (Phi) is 3.44. The number of esters is 1. The summed E-state index contributed by atoms with van der Waals surface area (Å²) in [5, 5.41) is 0. The molecule has 1 heterocycles. The van der Waals surface area contributed by atoms with E-state index >= 15 is 0 Å². The standard InChI is InChI=1S/C17H22O4/c1-16(8-9-19-2)11-21-14-5-4-12(10-13(14)16)17(6-7-17)15(18)20-3/h4-5,10H,6-9,11H2,1-3H3. The summed E-state index contributed by atoms with van der Waals surface area (Å²) in [6, 6.07) is 6.14. The first-order valence-corrected chi connectivity index (χ1v) is 7.41. The zero-order valence-electron chi connectivity index (χ0n) is 12.9. The fraction of sp³-hybridized carbons (Fsp3) is 0.588. The molecule has 0 N–H and O–H groups in total. The Morgan fingerprint density at radius 3 is 2.71 bits per heavy atom. The zero-order chi connectivity index (χ0) is 15.1. The summed E-state index contributed by atoms with van der Waals surface area (Å²) in [7, 11) is 3.18. The van der Waals surface area contributed by atoms with E-state index in [1.807, 2.05) is 12.1 Å². The van der Waals surface area contributed by atoms with Gasteiger partial charge in [-0.2, -0.15) is 0 Å². The van der Waals surface area contributed by atoms with E-state index in [0.29, 0.717) is 13.2 Å². The van der Waals surface area contributed by atoms with Crippen LogP contribution >= 0.6 is 0 Å². The Morgan fingerprint density at radius 1 is 1.33 bits per heavy atom. The van der Waals surface area contributed by atoms with Crippen molar-refractivity contribution >= 4 is 5.97 Å². The van der Waals surface area contributed by atoms with E-state index in [4.69, 9.17) is 14.2 Å². The fourth-order valence-electron chi connectivity index (χ4n) is 3.21. The van der Waals surface area contributed by atoms with Gasteiger partial charge in [-0.25, -0.2) is 0 Å².